The number of morpholine rings is 1. The third-order valence-electron chi connectivity index (χ3n) is 6.15. The fourth-order valence-electron chi connectivity index (χ4n) is 4.34. The monoisotopic (exact) mass is 489 g/mol. The Morgan fingerprint density at radius 3 is 2.47 bits per heavy atom. The molecule has 10 nitrogen and oxygen atoms in total. The standard InChI is InChI=1S/C26H31N7O3/c1-32(2)20-8-6-5-7-18(20)28-25-17-9-10-27-24(17)30-26(31-25)29-19-15-23(35-4)21(16-22(19)34-3)33-11-13-36-14-12-33/h5-10,15-16H,11-14H2,1-4H3,(H3,27,28,29,30,31). The highest BCUT2D eigenvalue weighted by Crippen LogP contribution is 2.40. The molecule has 3 N–H and O–H groups in total. The smallest absolute Gasteiger partial charge is 0.231 e. The fourth-order valence-corrected chi connectivity index (χ4v) is 4.34. The second kappa shape index (κ2) is 10.2. The van der Waals surface area contributed by atoms with E-state index in [4.69, 9.17) is 19.2 Å². The number of methoxy groups -OCH3 is 2. The van der Waals surface area contributed by atoms with Crippen molar-refractivity contribution in [1.82, 2.24) is 15.0 Å². The molecule has 0 atom stereocenters. The third-order valence-corrected chi connectivity index (χ3v) is 6.15. The van der Waals surface area contributed by atoms with Gasteiger partial charge < -0.3 is 39.6 Å². The van der Waals surface area contributed by atoms with Crippen LogP contribution in [-0.2, 0) is 4.74 Å². The van der Waals surface area contributed by atoms with Crippen LogP contribution >= 0.6 is 0 Å². The van der Waals surface area contributed by atoms with Crippen LogP contribution in [0, 0.1) is 0 Å². The number of nitrogens with zero attached hydrogens (tertiary/aromatic N) is 4. The van der Waals surface area contributed by atoms with Gasteiger partial charge in [-0.05, 0) is 18.2 Å². The molecule has 36 heavy (non-hydrogen) atoms. The number of hydrogen-bond acceptors (Lipinski definition) is 9. The highest BCUT2D eigenvalue weighted by atomic mass is 16.5. The SMILES string of the molecule is COc1cc(N2CCOCC2)c(OC)cc1Nc1nc(Nc2ccccc2N(C)C)c2cc[nH]c2n1. The van der Waals surface area contributed by atoms with Gasteiger partial charge in [0.15, 0.2) is 0 Å². The summed E-state index contributed by atoms with van der Waals surface area (Å²) in [5.41, 5.74) is 4.39. The quantitative estimate of drug-likeness (QED) is 0.333. The highest BCUT2D eigenvalue weighted by Gasteiger charge is 2.20. The van der Waals surface area contributed by atoms with Crippen molar-refractivity contribution in [3.8, 4) is 11.5 Å². The van der Waals surface area contributed by atoms with Crippen LogP contribution in [0.2, 0.25) is 0 Å². The number of para-hydroxylation sites is 2. The molecule has 0 amide bonds. The summed E-state index contributed by atoms with van der Waals surface area (Å²) in [4.78, 5) is 17.0. The van der Waals surface area contributed by atoms with E-state index in [-0.39, 0.29) is 0 Å². The molecule has 0 bridgehead atoms. The minimum Gasteiger partial charge on any atom is -0.494 e. The van der Waals surface area contributed by atoms with Crippen molar-refractivity contribution >= 4 is 45.5 Å². The summed E-state index contributed by atoms with van der Waals surface area (Å²) in [6, 6.07) is 14.0. The molecule has 10 heteroatoms. The van der Waals surface area contributed by atoms with E-state index in [1.54, 1.807) is 14.2 Å². The number of ether oxygens (including phenoxy) is 3. The van der Waals surface area contributed by atoms with Gasteiger partial charge in [-0.3, -0.25) is 0 Å². The van der Waals surface area contributed by atoms with Gasteiger partial charge in [-0.15, -0.1) is 0 Å². The van der Waals surface area contributed by atoms with Gasteiger partial charge in [-0.25, -0.2) is 0 Å². The predicted octanol–water partition coefficient (Wildman–Crippen LogP) is 4.36. The fraction of sp³-hybridized carbons (Fsp3) is 0.308. The lowest BCUT2D eigenvalue weighted by molar-refractivity contribution is 0.122. The van der Waals surface area contributed by atoms with Gasteiger partial charge in [-0.1, -0.05) is 12.1 Å². The molecule has 3 heterocycles. The van der Waals surface area contributed by atoms with Crippen molar-refractivity contribution in [2.45, 2.75) is 0 Å². The van der Waals surface area contributed by atoms with Crippen LogP contribution in [-0.4, -0.2) is 69.6 Å². The van der Waals surface area contributed by atoms with Crippen LogP contribution in [0.15, 0.2) is 48.7 Å². The normalized spacial score (nSPS) is 13.5. The van der Waals surface area contributed by atoms with Gasteiger partial charge in [0.2, 0.25) is 5.95 Å². The first-order valence-corrected chi connectivity index (χ1v) is 11.8. The molecule has 2 aromatic heterocycles. The van der Waals surface area contributed by atoms with Gasteiger partial charge >= 0.3 is 0 Å². The molecule has 188 valence electrons. The van der Waals surface area contributed by atoms with Gasteiger partial charge in [0, 0.05) is 45.5 Å². The number of aromatic nitrogens is 3. The summed E-state index contributed by atoms with van der Waals surface area (Å²) < 4.78 is 17.0. The minimum absolute atomic E-state index is 0.425. The van der Waals surface area contributed by atoms with Crippen molar-refractivity contribution in [3.63, 3.8) is 0 Å². The van der Waals surface area contributed by atoms with Gasteiger partial charge in [0.25, 0.3) is 0 Å². The first-order valence-electron chi connectivity index (χ1n) is 11.8. The van der Waals surface area contributed by atoms with E-state index in [2.05, 4.69) is 36.5 Å². The Kier molecular flexibility index (Phi) is 6.68. The molecule has 0 radical (unpaired) electrons. The largest absolute Gasteiger partial charge is 0.494 e. The molecule has 1 aliphatic rings. The number of H-pyrrole nitrogens is 1. The molecule has 0 saturated carbocycles. The van der Waals surface area contributed by atoms with E-state index in [1.807, 2.05) is 56.7 Å². The van der Waals surface area contributed by atoms with Crippen molar-refractivity contribution < 1.29 is 14.2 Å². The Hall–Kier alpha value is -4.18. The molecule has 1 fully saturated rings. The minimum atomic E-state index is 0.425. The second-order valence-corrected chi connectivity index (χ2v) is 8.62. The molecular formula is C26H31N7O3. The van der Waals surface area contributed by atoms with Crippen molar-refractivity contribution in [2.75, 3.05) is 75.1 Å². The zero-order chi connectivity index (χ0) is 25.1. The molecule has 0 unspecified atom stereocenters. The Morgan fingerprint density at radius 1 is 0.944 bits per heavy atom. The zero-order valence-corrected chi connectivity index (χ0v) is 21.0. The maximum atomic E-state index is 5.73. The van der Waals surface area contributed by atoms with E-state index in [9.17, 15) is 0 Å². The number of nitrogens with one attached hydrogen (secondary N) is 3. The third kappa shape index (κ3) is 4.67. The van der Waals surface area contributed by atoms with Crippen molar-refractivity contribution in [3.05, 3.63) is 48.7 Å². The first-order chi connectivity index (χ1) is 17.6. The molecule has 1 aliphatic heterocycles. The van der Waals surface area contributed by atoms with Crippen LogP contribution in [0.3, 0.4) is 0 Å². The van der Waals surface area contributed by atoms with E-state index in [0.717, 1.165) is 41.3 Å². The lowest BCUT2D eigenvalue weighted by atomic mass is 10.2. The van der Waals surface area contributed by atoms with Gasteiger partial charge in [-0.2, -0.15) is 9.97 Å². The van der Waals surface area contributed by atoms with Crippen LogP contribution in [0.4, 0.5) is 34.5 Å². The van der Waals surface area contributed by atoms with E-state index >= 15 is 0 Å². The molecule has 0 spiro atoms. The summed E-state index contributed by atoms with van der Waals surface area (Å²) in [5.74, 6) is 2.52. The Labute approximate surface area is 210 Å². The maximum absolute atomic E-state index is 5.73. The molecular weight excluding hydrogens is 458 g/mol. The average Bonchev–Trinajstić information content (AvgIpc) is 3.38. The van der Waals surface area contributed by atoms with Crippen LogP contribution in [0.5, 0.6) is 11.5 Å². The van der Waals surface area contributed by atoms with Gasteiger partial charge in [0.1, 0.15) is 23.0 Å². The Bertz CT molecular complexity index is 1350. The van der Waals surface area contributed by atoms with Crippen molar-refractivity contribution in [1.29, 1.82) is 0 Å². The number of hydrogen-bond donors (Lipinski definition) is 3. The Morgan fingerprint density at radius 2 is 1.72 bits per heavy atom. The van der Waals surface area contributed by atoms with Gasteiger partial charge in [0.05, 0.1) is 55.6 Å². The first kappa shape index (κ1) is 23.6. The average molecular weight is 490 g/mol. The molecule has 4 aromatic rings. The summed E-state index contributed by atoms with van der Waals surface area (Å²) in [6.45, 7) is 2.95. The molecule has 5 rings (SSSR count). The second-order valence-electron chi connectivity index (χ2n) is 8.62. The maximum Gasteiger partial charge on any atom is 0.231 e. The van der Waals surface area contributed by atoms with E-state index in [0.29, 0.717) is 42.1 Å². The highest BCUT2D eigenvalue weighted by molar-refractivity contribution is 5.92. The van der Waals surface area contributed by atoms with Crippen LogP contribution in [0.1, 0.15) is 0 Å². The lowest BCUT2D eigenvalue weighted by Crippen LogP contribution is -2.36. The van der Waals surface area contributed by atoms with Crippen molar-refractivity contribution in [2.24, 2.45) is 0 Å². The summed E-state index contributed by atoms with van der Waals surface area (Å²) in [5, 5.41) is 7.71. The molecule has 2 aromatic carbocycles. The zero-order valence-electron chi connectivity index (χ0n) is 21.0. The topological polar surface area (TPSA) is 99.8 Å². The van der Waals surface area contributed by atoms with E-state index in [1.165, 1.54) is 0 Å². The molecule has 1 saturated heterocycles. The number of benzene rings is 2. The predicted molar refractivity (Wildman–Crippen MR) is 144 cm³/mol. The number of fused-ring (bicyclic) bond motifs is 1. The lowest BCUT2D eigenvalue weighted by Gasteiger charge is -2.30. The Balaban J connectivity index is 1.51. The molecule has 0 aliphatic carbocycles. The summed E-state index contributed by atoms with van der Waals surface area (Å²) >= 11 is 0. The summed E-state index contributed by atoms with van der Waals surface area (Å²) in [7, 11) is 7.34. The number of rotatable bonds is 8. The van der Waals surface area contributed by atoms with Crippen LogP contribution < -0.4 is 29.9 Å². The van der Waals surface area contributed by atoms with Crippen LogP contribution in [0.25, 0.3) is 11.0 Å². The number of aromatic amines is 1. The van der Waals surface area contributed by atoms with E-state index < -0.39 is 0 Å². The number of anilines is 6. The summed E-state index contributed by atoms with van der Waals surface area (Å²) in [6.07, 6.45) is 1.85.